The number of benzene rings is 3. The van der Waals surface area contributed by atoms with Gasteiger partial charge < -0.3 is 0 Å². The molecule has 0 bridgehead atoms. The maximum atomic E-state index is 7.08. The summed E-state index contributed by atoms with van der Waals surface area (Å²) >= 11 is 0. The second-order valence-corrected chi connectivity index (χ2v) is 5.26. The highest BCUT2D eigenvalue weighted by Gasteiger charge is 2.03. The zero-order valence-corrected chi connectivity index (χ0v) is 11.1. The van der Waals surface area contributed by atoms with Gasteiger partial charge in [-0.1, -0.05) is 44.2 Å². The summed E-state index contributed by atoms with van der Waals surface area (Å²) in [7, 11) is 0. The molecule has 0 radical (unpaired) electrons. The first-order chi connectivity index (χ1) is 9.17. The van der Waals surface area contributed by atoms with Crippen LogP contribution in [0.2, 0.25) is 0 Å². The molecule has 3 rings (SSSR count). The highest BCUT2D eigenvalue weighted by atomic mass is 14.6. The van der Waals surface area contributed by atoms with Crippen molar-refractivity contribution in [2.75, 3.05) is 0 Å². The van der Waals surface area contributed by atoms with E-state index < -0.39 is 0 Å². The molecule has 0 spiro atoms. The van der Waals surface area contributed by atoms with Crippen molar-refractivity contribution in [2.45, 2.75) is 19.8 Å². The zero-order chi connectivity index (χ0) is 13.4. The van der Waals surface area contributed by atoms with Gasteiger partial charge in [-0.3, -0.25) is 0 Å². The normalized spacial score (nSPS) is 11.1. The lowest BCUT2D eigenvalue weighted by Crippen LogP contribution is -1.86. The van der Waals surface area contributed by atoms with Crippen LogP contribution >= 0.6 is 0 Å². The predicted molar refractivity (Wildman–Crippen MR) is 81.8 cm³/mol. The van der Waals surface area contributed by atoms with Crippen LogP contribution in [0.1, 0.15) is 25.3 Å². The van der Waals surface area contributed by atoms with E-state index in [1.165, 1.54) is 21.7 Å². The van der Waals surface area contributed by atoms with E-state index in [0.717, 1.165) is 5.39 Å². The van der Waals surface area contributed by atoms with Gasteiger partial charge in [0.25, 0.3) is 0 Å². The van der Waals surface area contributed by atoms with Crippen molar-refractivity contribution >= 4 is 27.2 Å². The Bertz CT molecular complexity index is 807. The molecule has 92 valence electrons. The van der Waals surface area contributed by atoms with Crippen LogP contribution in [-0.4, -0.2) is 0 Å². The van der Waals surface area contributed by atoms with Crippen molar-refractivity contribution in [3.05, 3.63) is 65.5 Å². The third-order valence-electron chi connectivity index (χ3n) is 3.60. The lowest BCUT2D eigenvalue weighted by atomic mass is 9.97. The Morgan fingerprint density at radius 3 is 2.05 bits per heavy atom. The summed E-state index contributed by atoms with van der Waals surface area (Å²) in [5.41, 5.74) is 2.07. The van der Waals surface area contributed by atoms with Gasteiger partial charge in [0.05, 0.1) is 6.57 Å². The summed E-state index contributed by atoms with van der Waals surface area (Å²) < 4.78 is 0. The van der Waals surface area contributed by atoms with E-state index in [1.54, 1.807) is 0 Å². The molecule has 0 fully saturated rings. The molecule has 0 aliphatic heterocycles. The van der Waals surface area contributed by atoms with Gasteiger partial charge in [-0.15, -0.1) is 0 Å². The average molecular weight is 245 g/mol. The monoisotopic (exact) mass is 245 g/mol. The molecule has 0 heterocycles. The molecule has 3 aromatic carbocycles. The molecule has 0 amide bonds. The fourth-order valence-corrected chi connectivity index (χ4v) is 2.43. The van der Waals surface area contributed by atoms with Crippen LogP contribution < -0.4 is 0 Å². The molecule has 1 heteroatoms. The van der Waals surface area contributed by atoms with Crippen LogP contribution in [0.5, 0.6) is 0 Å². The van der Waals surface area contributed by atoms with Gasteiger partial charge in [0.15, 0.2) is 5.69 Å². The minimum atomic E-state index is 0.546. The number of fused-ring (bicyclic) bond motifs is 2. The Balaban J connectivity index is 2.29. The minimum absolute atomic E-state index is 0.546. The maximum absolute atomic E-state index is 7.08. The van der Waals surface area contributed by atoms with Crippen LogP contribution in [0.3, 0.4) is 0 Å². The van der Waals surface area contributed by atoms with Gasteiger partial charge >= 0.3 is 0 Å². The third-order valence-corrected chi connectivity index (χ3v) is 3.60. The summed E-state index contributed by atoms with van der Waals surface area (Å²) in [5, 5.41) is 4.84. The molecule has 0 aromatic heterocycles. The topological polar surface area (TPSA) is 4.36 Å². The Kier molecular flexibility index (Phi) is 2.72. The summed E-state index contributed by atoms with van der Waals surface area (Å²) in [6, 6.07) is 16.9. The van der Waals surface area contributed by atoms with E-state index >= 15 is 0 Å². The minimum Gasteiger partial charge on any atom is -0.238 e. The van der Waals surface area contributed by atoms with Crippen molar-refractivity contribution in [3.63, 3.8) is 0 Å². The fourth-order valence-electron chi connectivity index (χ4n) is 2.43. The third kappa shape index (κ3) is 2.06. The molecule has 3 aromatic rings. The van der Waals surface area contributed by atoms with Crippen molar-refractivity contribution < 1.29 is 0 Å². The molecule has 19 heavy (non-hydrogen) atoms. The number of nitrogens with zero attached hydrogens (tertiary/aromatic N) is 1. The second kappa shape index (κ2) is 4.40. The zero-order valence-electron chi connectivity index (χ0n) is 11.1. The largest absolute Gasteiger partial charge is 0.238 e. The molecule has 0 unspecified atom stereocenters. The van der Waals surface area contributed by atoms with Gasteiger partial charge in [0.2, 0.25) is 0 Å². The fraction of sp³-hybridized carbons (Fsp3) is 0.167. The van der Waals surface area contributed by atoms with Crippen molar-refractivity contribution in [1.29, 1.82) is 0 Å². The van der Waals surface area contributed by atoms with Gasteiger partial charge in [0.1, 0.15) is 0 Å². The molecule has 0 atom stereocenters. The average Bonchev–Trinajstić information content (AvgIpc) is 2.43. The smallest absolute Gasteiger partial charge is 0.187 e. The first kappa shape index (κ1) is 11.7. The highest BCUT2D eigenvalue weighted by Crippen LogP contribution is 2.28. The van der Waals surface area contributed by atoms with Gasteiger partial charge in [0, 0.05) is 0 Å². The highest BCUT2D eigenvalue weighted by molar-refractivity contribution is 5.99. The number of rotatable bonds is 1. The maximum Gasteiger partial charge on any atom is 0.187 e. The Labute approximate surface area is 113 Å². The van der Waals surface area contributed by atoms with Crippen LogP contribution in [-0.2, 0) is 0 Å². The van der Waals surface area contributed by atoms with E-state index in [4.69, 9.17) is 6.57 Å². The van der Waals surface area contributed by atoms with Crippen molar-refractivity contribution in [3.8, 4) is 0 Å². The van der Waals surface area contributed by atoms with Crippen LogP contribution in [0.25, 0.3) is 26.4 Å². The van der Waals surface area contributed by atoms with E-state index in [-0.39, 0.29) is 0 Å². The summed E-state index contributed by atoms with van der Waals surface area (Å²) in [4.78, 5) is 3.49. The van der Waals surface area contributed by atoms with E-state index in [2.05, 4.69) is 49.0 Å². The summed E-state index contributed by atoms with van der Waals surface area (Å²) in [5.74, 6) is 0.546. The van der Waals surface area contributed by atoms with Gasteiger partial charge in [-0.25, -0.2) is 4.85 Å². The van der Waals surface area contributed by atoms with Gasteiger partial charge in [-0.2, -0.15) is 0 Å². The number of hydrogen-bond acceptors (Lipinski definition) is 0. The Morgan fingerprint density at radius 1 is 0.789 bits per heavy atom. The predicted octanol–water partition coefficient (Wildman–Crippen LogP) is 5.67. The quantitative estimate of drug-likeness (QED) is 0.384. The van der Waals surface area contributed by atoms with Crippen LogP contribution in [0, 0.1) is 6.57 Å². The summed E-state index contributed by atoms with van der Waals surface area (Å²) in [6.45, 7) is 11.5. The lowest BCUT2D eigenvalue weighted by molar-refractivity contribution is 0.869. The summed E-state index contributed by atoms with van der Waals surface area (Å²) in [6.07, 6.45) is 0. The van der Waals surface area contributed by atoms with Crippen molar-refractivity contribution in [2.24, 2.45) is 0 Å². The van der Waals surface area contributed by atoms with E-state index in [9.17, 15) is 0 Å². The first-order valence-corrected chi connectivity index (χ1v) is 6.52. The standard InChI is InChI=1S/C18H15N/c1-12(2)13-4-5-14-10-17-11-18(19-3)7-6-15(17)9-16(14)8-13/h4-12H,1-2H3. The second-order valence-electron chi connectivity index (χ2n) is 5.26. The molecule has 0 aliphatic rings. The Hall–Kier alpha value is -2.33. The Morgan fingerprint density at radius 2 is 1.42 bits per heavy atom. The molecule has 0 saturated heterocycles. The van der Waals surface area contributed by atoms with E-state index in [0.29, 0.717) is 11.6 Å². The molecule has 0 aliphatic carbocycles. The first-order valence-electron chi connectivity index (χ1n) is 6.52. The van der Waals surface area contributed by atoms with Crippen LogP contribution in [0.15, 0.2) is 48.5 Å². The SMILES string of the molecule is [C-]#[N+]c1ccc2cc3cc(C(C)C)ccc3cc2c1. The molecule has 0 saturated carbocycles. The lowest BCUT2D eigenvalue weighted by Gasteiger charge is -2.08. The molecule has 0 N–H and O–H groups in total. The molecular weight excluding hydrogens is 230 g/mol. The number of hydrogen-bond donors (Lipinski definition) is 0. The molecule has 1 nitrogen and oxygen atoms in total. The van der Waals surface area contributed by atoms with Gasteiger partial charge in [-0.05, 0) is 51.2 Å². The van der Waals surface area contributed by atoms with Crippen LogP contribution in [0.4, 0.5) is 5.69 Å². The van der Waals surface area contributed by atoms with Crippen molar-refractivity contribution in [1.82, 2.24) is 0 Å². The molecular formula is C18H15N. The van der Waals surface area contributed by atoms with E-state index in [1.807, 2.05) is 18.2 Å².